The van der Waals surface area contributed by atoms with Gasteiger partial charge in [-0.2, -0.15) is 0 Å². The van der Waals surface area contributed by atoms with Crippen LogP contribution in [-0.4, -0.2) is 31.3 Å². The van der Waals surface area contributed by atoms with E-state index in [0.29, 0.717) is 5.82 Å². The molecule has 0 radical (unpaired) electrons. The minimum absolute atomic E-state index is 0.273. The lowest BCUT2D eigenvalue weighted by atomic mass is 10.2. The van der Waals surface area contributed by atoms with Crippen molar-refractivity contribution < 1.29 is 9.90 Å². The molecule has 0 aliphatic carbocycles. The molecule has 0 spiro atoms. The third-order valence-electron chi connectivity index (χ3n) is 2.47. The van der Waals surface area contributed by atoms with E-state index in [1.54, 1.807) is 18.3 Å². The molecule has 7 heteroatoms. The number of carboxylic acid groups (broad SMARTS) is 1. The van der Waals surface area contributed by atoms with Gasteiger partial charge in [0.15, 0.2) is 5.82 Å². The number of rotatable bonds is 4. The van der Waals surface area contributed by atoms with E-state index >= 15 is 0 Å². The van der Waals surface area contributed by atoms with Crippen LogP contribution in [0.2, 0.25) is 0 Å². The van der Waals surface area contributed by atoms with E-state index in [9.17, 15) is 4.79 Å². The highest BCUT2D eigenvalue weighted by Gasteiger charge is 2.18. The van der Waals surface area contributed by atoms with E-state index in [4.69, 9.17) is 5.11 Å². The molecule has 2 aromatic rings. The van der Waals surface area contributed by atoms with Crippen LogP contribution in [0.1, 0.15) is 12.5 Å². The molecule has 1 N–H and O–H groups in total. The van der Waals surface area contributed by atoms with Gasteiger partial charge in [-0.25, -0.2) is 4.68 Å². The second-order valence-corrected chi connectivity index (χ2v) is 4.77. The first-order valence-electron chi connectivity index (χ1n) is 5.13. The van der Waals surface area contributed by atoms with Gasteiger partial charge in [0.1, 0.15) is 0 Å². The van der Waals surface area contributed by atoms with Crippen LogP contribution in [0.25, 0.3) is 10.7 Å². The Labute approximate surface area is 102 Å². The van der Waals surface area contributed by atoms with Gasteiger partial charge in [-0.3, -0.25) is 4.79 Å². The van der Waals surface area contributed by atoms with Gasteiger partial charge < -0.3 is 5.11 Å². The molecule has 2 rings (SSSR count). The number of carboxylic acids is 1. The van der Waals surface area contributed by atoms with Gasteiger partial charge in [0.05, 0.1) is 17.3 Å². The summed E-state index contributed by atoms with van der Waals surface area (Å²) in [4.78, 5) is 11.8. The average Bonchev–Trinajstić information content (AvgIpc) is 2.86. The molecular formula is C10H12N4O2S. The summed E-state index contributed by atoms with van der Waals surface area (Å²) in [6.07, 6.45) is 0. The van der Waals surface area contributed by atoms with Gasteiger partial charge in [-0.1, -0.05) is 6.92 Å². The fourth-order valence-electron chi connectivity index (χ4n) is 1.43. The zero-order valence-corrected chi connectivity index (χ0v) is 10.3. The van der Waals surface area contributed by atoms with Crippen molar-refractivity contribution in [2.75, 3.05) is 0 Å². The van der Waals surface area contributed by atoms with E-state index < -0.39 is 11.9 Å². The Morgan fingerprint density at radius 3 is 3.00 bits per heavy atom. The van der Waals surface area contributed by atoms with Crippen molar-refractivity contribution >= 4 is 17.3 Å². The fraction of sp³-hybridized carbons (Fsp3) is 0.400. The zero-order chi connectivity index (χ0) is 12.4. The molecular weight excluding hydrogens is 240 g/mol. The van der Waals surface area contributed by atoms with Crippen molar-refractivity contribution in [1.29, 1.82) is 0 Å². The molecule has 90 valence electrons. The average molecular weight is 252 g/mol. The Balaban J connectivity index is 2.29. The van der Waals surface area contributed by atoms with Crippen LogP contribution in [0, 0.1) is 12.8 Å². The molecule has 0 fully saturated rings. The Morgan fingerprint density at radius 1 is 1.65 bits per heavy atom. The molecule has 0 saturated carbocycles. The van der Waals surface area contributed by atoms with Gasteiger partial charge >= 0.3 is 5.97 Å². The minimum Gasteiger partial charge on any atom is -0.481 e. The SMILES string of the molecule is Cc1ccsc1-c1nnnn1CC(C)C(=O)O. The van der Waals surface area contributed by atoms with Gasteiger partial charge in [-0.15, -0.1) is 16.4 Å². The Kier molecular flexibility index (Phi) is 3.19. The second kappa shape index (κ2) is 4.62. The van der Waals surface area contributed by atoms with Gasteiger partial charge in [0.2, 0.25) is 0 Å². The summed E-state index contributed by atoms with van der Waals surface area (Å²) < 4.78 is 1.54. The van der Waals surface area contributed by atoms with Crippen LogP contribution in [0.3, 0.4) is 0 Å². The number of aromatic nitrogens is 4. The molecule has 2 aromatic heterocycles. The third kappa shape index (κ3) is 2.33. The quantitative estimate of drug-likeness (QED) is 0.890. The summed E-state index contributed by atoms with van der Waals surface area (Å²) in [6.45, 7) is 3.88. The Morgan fingerprint density at radius 2 is 2.41 bits per heavy atom. The van der Waals surface area contributed by atoms with E-state index in [-0.39, 0.29) is 6.54 Å². The van der Waals surface area contributed by atoms with E-state index in [1.165, 1.54) is 4.68 Å². The number of hydrogen-bond acceptors (Lipinski definition) is 5. The van der Waals surface area contributed by atoms with Crippen LogP contribution in [0.15, 0.2) is 11.4 Å². The van der Waals surface area contributed by atoms with Gasteiger partial charge in [0, 0.05) is 0 Å². The summed E-state index contributed by atoms with van der Waals surface area (Å²) >= 11 is 1.55. The van der Waals surface area contributed by atoms with Crippen molar-refractivity contribution in [2.24, 2.45) is 5.92 Å². The van der Waals surface area contributed by atoms with Crippen LogP contribution < -0.4 is 0 Å². The maximum atomic E-state index is 10.8. The van der Waals surface area contributed by atoms with Crippen molar-refractivity contribution in [1.82, 2.24) is 20.2 Å². The first kappa shape index (κ1) is 11.7. The second-order valence-electron chi connectivity index (χ2n) is 3.86. The number of carbonyl (C=O) groups is 1. The maximum absolute atomic E-state index is 10.8. The summed E-state index contributed by atoms with van der Waals surface area (Å²) in [5.41, 5.74) is 1.09. The highest BCUT2D eigenvalue weighted by atomic mass is 32.1. The molecule has 17 heavy (non-hydrogen) atoms. The van der Waals surface area contributed by atoms with Crippen molar-refractivity contribution in [3.8, 4) is 10.7 Å². The van der Waals surface area contributed by atoms with Crippen molar-refractivity contribution in [2.45, 2.75) is 20.4 Å². The molecule has 6 nitrogen and oxygen atoms in total. The number of thiophene rings is 1. The van der Waals surface area contributed by atoms with Gasteiger partial charge in [0.25, 0.3) is 0 Å². The lowest BCUT2D eigenvalue weighted by Crippen LogP contribution is -2.18. The van der Waals surface area contributed by atoms with Crippen LogP contribution in [0.4, 0.5) is 0 Å². The van der Waals surface area contributed by atoms with Crippen LogP contribution in [-0.2, 0) is 11.3 Å². The Hall–Kier alpha value is -1.76. The standard InChI is InChI=1S/C10H12N4O2S/c1-6-3-4-17-8(6)9-11-12-13-14(9)5-7(2)10(15)16/h3-4,7H,5H2,1-2H3,(H,15,16). The molecule has 1 atom stereocenters. The molecule has 0 bridgehead atoms. The third-order valence-corrected chi connectivity index (χ3v) is 3.48. The number of nitrogens with zero attached hydrogens (tertiary/aromatic N) is 4. The molecule has 0 aliphatic rings. The lowest BCUT2D eigenvalue weighted by molar-refractivity contribution is -0.141. The fourth-order valence-corrected chi connectivity index (χ4v) is 2.34. The summed E-state index contributed by atoms with van der Waals surface area (Å²) in [5.74, 6) is -0.738. The normalized spacial score (nSPS) is 12.6. The van der Waals surface area contributed by atoms with E-state index in [1.807, 2.05) is 18.4 Å². The summed E-state index contributed by atoms with van der Waals surface area (Å²) in [5, 5.41) is 22.2. The maximum Gasteiger partial charge on any atom is 0.308 e. The topological polar surface area (TPSA) is 80.9 Å². The monoisotopic (exact) mass is 252 g/mol. The minimum atomic E-state index is -0.852. The summed E-state index contributed by atoms with van der Waals surface area (Å²) in [7, 11) is 0. The van der Waals surface area contributed by atoms with E-state index in [0.717, 1.165) is 10.4 Å². The van der Waals surface area contributed by atoms with Crippen molar-refractivity contribution in [3.63, 3.8) is 0 Å². The van der Waals surface area contributed by atoms with Crippen molar-refractivity contribution in [3.05, 3.63) is 17.0 Å². The smallest absolute Gasteiger partial charge is 0.308 e. The van der Waals surface area contributed by atoms with Gasteiger partial charge in [-0.05, 0) is 34.4 Å². The molecule has 2 heterocycles. The number of tetrazole rings is 1. The molecule has 1 unspecified atom stereocenters. The number of hydrogen-bond donors (Lipinski definition) is 1. The highest BCUT2D eigenvalue weighted by molar-refractivity contribution is 7.13. The largest absolute Gasteiger partial charge is 0.481 e. The van der Waals surface area contributed by atoms with Crippen LogP contribution in [0.5, 0.6) is 0 Å². The lowest BCUT2D eigenvalue weighted by Gasteiger charge is -2.07. The first-order valence-corrected chi connectivity index (χ1v) is 6.01. The van der Waals surface area contributed by atoms with E-state index in [2.05, 4.69) is 15.5 Å². The Bertz CT molecular complexity index is 534. The summed E-state index contributed by atoms with van der Waals surface area (Å²) in [6, 6.07) is 1.99. The first-order chi connectivity index (χ1) is 8.09. The molecule has 0 saturated heterocycles. The van der Waals surface area contributed by atoms with Crippen LogP contribution >= 0.6 is 11.3 Å². The predicted octanol–water partition coefficient (Wildman–Crippen LogP) is 1.43. The number of aliphatic carboxylic acids is 1. The highest BCUT2D eigenvalue weighted by Crippen LogP contribution is 2.26. The zero-order valence-electron chi connectivity index (χ0n) is 9.49. The molecule has 0 aromatic carbocycles. The predicted molar refractivity (Wildman–Crippen MR) is 62.7 cm³/mol. The molecule has 0 aliphatic heterocycles. The number of aryl methyl sites for hydroxylation is 1. The molecule has 0 amide bonds.